The second kappa shape index (κ2) is 4.70. The van der Waals surface area contributed by atoms with Gasteiger partial charge in [-0.2, -0.15) is 0 Å². The van der Waals surface area contributed by atoms with E-state index in [-0.39, 0.29) is 22.9 Å². The molecule has 0 amide bonds. The van der Waals surface area contributed by atoms with E-state index in [4.69, 9.17) is 0 Å². The van der Waals surface area contributed by atoms with Crippen molar-refractivity contribution < 1.29 is 15.0 Å². The molecule has 3 nitrogen and oxygen atoms in total. The fourth-order valence-corrected chi connectivity index (χ4v) is 7.09. The fourth-order valence-electron chi connectivity index (χ4n) is 7.09. The molecule has 0 aromatic heterocycles. The van der Waals surface area contributed by atoms with E-state index in [0.717, 1.165) is 32.1 Å². The molecule has 0 aromatic carbocycles. The van der Waals surface area contributed by atoms with Crippen molar-refractivity contribution in [2.75, 3.05) is 0 Å². The molecule has 4 aliphatic carbocycles. The lowest BCUT2D eigenvalue weighted by molar-refractivity contribution is -0.127. The van der Waals surface area contributed by atoms with Gasteiger partial charge in [0.15, 0.2) is 5.78 Å². The largest absolute Gasteiger partial charge is 0.392 e. The fraction of sp³-hybridized carbons (Fsp3) is 0.850. The molecular formula is C20H30O3. The monoisotopic (exact) mass is 318 g/mol. The third-order valence-corrected chi connectivity index (χ3v) is 8.21. The van der Waals surface area contributed by atoms with Crippen molar-refractivity contribution in [1.82, 2.24) is 0 Å². The zero-order valence-corrected chi connectivity index (χ0v) is 14.6. The SMILES string of the molecule is CC1(O)C[C@H](O)[C@@]2(C)CC[C@H]3[C@@H](CCC4=CC(=O)CC[C@@]43C)[C@H]12. The summed E-state index contributed by atoms with van der Waals surface area (Å²) in [6, 6.07) is 0. The molecule has 0 heterocycles. The highest BCUT2D eigenvalue weighted by atomic mass is 16.3. The standard InChI is InChI=1S/C20H30O3/c1-18-8-6-13(21)10-12(18)4-5-14-15(18)7-9-19(2)16(22)11-20(3,23)17(14)19/h10,14-17,22-23H,4-9,11H2,1-3H3/t14-,15+,16+,17+,18+,19-,20?/m1/s1. The Morgan fingerprint density at radius 2 is 1.87 bits per heavy atom. The topological polar surface area (TPSA) is 57.5 Å². The van der Waals surface area contributed by atoms with Crippen LogP contribution in [-0.4, -0.2) is 27.7 Å². The van der Waals surface area contributed by atoms with Crippen LogP contribution in [0.5, 0.6) is 0 Å². The van der Waals surface area contributed by atoms with Gasteiger partial charge in [0, 0.05) is 12.8 Å². The van der Waals surface area contributed by atoms with Crippen LogP contribution in [0.25, 0.3) is 0 Å². The highest BCUT2D eigenvalue weighted by Crippen LogP contribution is 2.67. The van der Waals surface area contributed by atoms with Crippen LogP contribution < -0.4 is 0 Å². The number of fused-ring (bicyclic) bond motifs is 5. The van der Waals surface area contributed by atoms with Crippen LogP contribution >= 0.6 is 0 Å². The highest BCUT2D eigenvalue weighted by Gasteiger charge is 2.65. The highest BCUT2D eigenvalue weighted by molar-refractivity contribution is 5.91. The minimum absolute atomic E-state index is 0.127. The number of aliphatic hydroxyl groups is 2. The molecule has 3 heteroatoms. The minimum atomic E-state index is -0.764. The summed E-state index contributed by atoms with van der Waals surface area (Å²) in [6.07, 6.45) is 7.84. The van der Waals surface area contributed by atoms with E-state index < -0.39 is 5.60 Å². The third-order valence-electron chi connectivity index (χ3n) is 8.21. The number of allylic oxidation sites excluding steroid dienone is 1. The molecule has 23 heavy (non-hydrogen) atoms. The molecule has 0 saturated heterocycles. The summed E-state index contributed by atoms with van der Waals surface area (Å²) in [7, 11) is 0. The molecular weight excluding hydrogens is 288 g/mol. The molecule has 2 N–H and O–H groups in total. The smallest absolute Gasteiger partial charge is 0.155 e. The van der Waals surface area contributed by atoms with E-state index in [2.05, 4.69) is 13.8 Å². The van der Waals surface area contributed by atoms with Crippen LogP contribution in [0.4, 0.5) is 0 Å². The van der Waals surface area contributed by atoms with Gasteiger partial charge in [-0.05, 0) is 73.7 Å². The number of ketones is 1. The van der Waals surface area contributed by atoms with Crippen LogP contribution in [0.3, 0.4) is 0 Å². The van der Waals surface area contributed by atoms with E-state index in [1.54, 1.807) is 0 Å². The Balaban J connectivity index is 1.74. The summed E-state index contributed by atoms with van der Waals surface area (Å²) in [5.41, 5.74) is 0.574. The van der Waals surface area contributed by atoms with Crippen LogP contribution in [0.2, 0.25) is 0 Å². The number of hydrogen-bond acceptors (Lipinski definition) is 3. The van der Waals surface area contributed by atoms with Gasteiger partial charge in [-0.3, -0.25) is 4.79 Å². The number of rotatable bonds is 0. The van der Waals surface area contributed by atoms with Crippen molar-refractivity contribution in [2.24, 2.45) is 28.6 Å². The number of carbonyl (C=O) groups excluding carboxylic acids is 1. The van der Waals surface area contributed by atoms with E-state index in [9.17, 15) is 15.0 Å². The van der Waals surface area contributed by atoms with Crippen molar-refractivity contribution in [3.63, 3.8) is 0 Å². The van der Waals surface area contributed by atoms with Crippen molar-refractivity contribution in [2.45, 2.75) is 77.4 Å². The van der Waals surface area contributed by atoms with E-state index in [1.807, 2.05) is 13.0 Å². The maximum Gasteiger partial charge on any atom is 0.155 e. The Morgan fingerprint density at radius 1 is 1.13 bits per heavy atom. The van der Waals surface area contributed by atoms with Gasteiger partial charge in [-0.25, -0.2) is 0 Å². The van der Waals surface area contributed by atoms with Crippen molar-refractivity contribution in [3.8, 4) is 0 Å². The zero-order chi connectivity index (χ0) is 16.6. The summed E-state index contributed by atoms with van der Waals surface area (Å²) in [6.45, 7) is 6.48. The predicted molar refractivity (Wildman–Crippen MR) is 88.7 cm³/mol. The van der Waals surface area contributed by atoms with E-state index in [1.165, 1.54) is 5.57 Å². The zero-order valence-electron chi connectivity index (χ0n) is 14.6. The lowest BCUT2D eigenvalue weighted by Crippen LogP contribution is -2.55. The Hall–Kier alpha value is -0.670. The molecule has 0 radical (unpaired) electrons. The maximum absolute atomic E-state index is 11.9. The van der Waals surface area contributed by atoms with Crippen molar-refractivity contribution in [1.29, 1.82) is 0 Å². The normalized spacial score (nSPS) is 55.7. The molecule has 0 aliphatic heterocycles. The second-order valence-electron chi connectivity index (χ2n) is 9.46. The number of hydrogen-bond donors (Lipinski definition) is 2. The molecule has 1 unspecified atom stereocenters. The minimum Gasteiger partial charge on any atom is -0.392 e. The van der Waals surface area contributed by atoms with Gasteiger partial charge in [-0.15, -0.1) is 0 Å². The van der Waals surface area contributed by atoms with Crippen molar-refractivity contribution >= 4 is 5.78 Å². The van der Waals surface area contributed by atoms with Gasteiger partial charge >= 0.3 is 0 Å². The molecule has 3 saturated carbocycles. The number of carbonyl (C=O) groups is 1. The van der Waals surface area contributed by atoms with Gasteiger partial charge < -0.3 is 10.2 Å². The average molecular weight is 318 g/mol. The van der Waals surface area contributed by atoms with Crippen LogP contribution in [0.1, 0.15) is 65.7 Å². The lowest BCUT2D eigenvalue weighted by Gasteiger charge is -2.59. The molecule has 0 bridgehead atoms. The second-order valence-corrected chi connectivity index (χ2v) is 9.46. The van der Waals surface area contributed by atoms with Gasteiger partial charge in [0.2, 0.25) is 0 Å². The first-order chi connectivity index (χ1) is 10.7. The molecule has 3 fully saturated rings. The molecule has 4 aliphatic rings. The Morgan fingerprint density at radius 3 is 2.61 bits per heavy atom. The summed E-state index contributed by atoms with van der Waals surface area (Å²) in [5.74, 6) is 1.49. The van der Waals surface area contributed by atoms with Crippen LogP contribution in [0.15, 0.2) is 11.6 Å². The average Bonchev–Trinajstić information content (AvgIpc) is 2.65. The lowest BCUT2D eigenvalue weighted by atomic mass is 9.46. The van der Waals surface area contributed by atoms with E-state index in [0.29, 0.717) is 30.5 Å². The van der Waals surface area contributed by atoms with Gasteiger partial charge in [0.25, 0.3) is 0 Å². The quantitative estimate of drug-likeness (QED) is 0.721. The predicted octanol–water partition coefficient (Wildman–Crippen LogP) is 3.24. The van der Waals surface area contributed by atoms with Gasteiger partial charge in [0.1, 0.15) is 0 Å². The van der Waals surface area contributed by atoms with Gasteiger partial charge in [-0.1, -0.05) is 19.4 Å². The molecule has 4 rings (SSSR count). The first kappa shape index (κ1) is 15.8. The maximum atomic E-state index is 11.9. The molecule has 0 aromatic rings. The van der Waals surface area contributed by atoms with Gasteiger partial charge in [0.05, 0.1) is 11.7 Å². The molecule has 0 spiro atoms. The Kier molecular flexibility index (Phi) is 3.23. The summed E-state index contributed by atoms with van der Waals surface area (Å²) >= 11 is 0. The summed E-state index contributed by atoms with van der Waals surface area (Å²) in [4.78, 5) is 11.9. The molecule has 128 valence electrons. The number of aliphatic hydroxyl groups excluding tert-OH is 1. The van der Waals surface area contributed by atoms with Crippen molar-refractivity contribution in [3.05, 3.63) is 11.6 Å². The Bertz CT molecular complexity index is 577. The van der Waals surface area contributed by atoms with E-state index >= 15 is 0 Å². The molecule has 7 atom stereocenters. The summed E-state index contributed by atoms with van der Waals surface area (Å²) in [5, 5.41) is 21.7. The van der Waals surface area contributed by atoms with Crippen LogP contribution in [-0.2, 0) is 4.79 Å². The summed E-state index contributed by atoms with van der Waals surface area (Å²) < 4.78 is 0. The third kappa shape index (κ3) is 1.99. The first-order valence-corrected chi connectivity index (χ1v) is 9.33. The Labute approximate surface area is 139 Å². The first-order valence-electron chi connectivity index (χ1n) is 9.33. The van der Waals surface area contributed by atoms with Crippen LogP contribution in [0, 0.1) is 28.6 Å².